The third-order valence-corrected chi connectivity index (χ3v) is 4.32. The van der Waals surface area contributed by atoms with Crippen molar-refractivity contribution in [2.75, 3.05) is 11.9 Å². The third-order valence-electron chi connectivity index (χ3n) is 3.98. The van der Waals surface area contributed by atoms with Crippen LogP contribution in [0.1, 0.15) is 30.6 Å². The zero-order valence-electron chi connectivity index (χ0n) is 13.8. The Balaban J connectivity index is 1.56. The highest BCUT2D eigenvalue weighted by Gasteiger charge is 2.17. The molecule has 25 heavy (non-hydrogen) atoms. The minimum absolute atomic E-state index is 0.0123. The lowest BCUT2D eigenvalue weighted by Gasteiger charge is -2.18. The van der Waals surface area contributed by atoms with Crippen LogP contribution in [0.2, 0.25) is 5.02 Å². The lowest BCUT2D eigenvalue weighted by Crippen LogP contribution is -2.19. The molecular formula is C19H18ClNO4. The molecule has 1 aliphatic rings. The van der Waals surface area contributed by atoms with Gasteiger partial charge in [0, 0.05) is 22.7 Å². The molecule has 1 amide bonds. The summed E-state index contributed by atoms with van der Waals surface area (Å²) in [7, 11) is 0. The largest absolute Gasteiger partial charge is 0.482 e. The van der Waals surface area contributed by atoms with E-state index in [0.29, 0.717) is 23.6 Å². The van der Waals surface area contributed by atoms with Gasteiger partial charge in [0.15, 0.2) is 6.61 Å². The maximum atomic E-state index is 12.0. The average Bonchev–Trinajstić information content (AvgIpc) is 2.60. The molecule has 0 saturated carbocycles. The highest BCUT2D eigenvalue weighted by Crippen LogP contribution is 2.27. The maximum Gasteiger partial charge on any atom is 0.344 e. The number of aryl methyl sites for hydroxylation is 1. The summed E-state index contributed by atoms with van der Waals surface area (Å²) in [6.45, 7) is 1.57. The Labute approximate surface area is 150 Å². The highest BCUT2D eigenvalue weighted by molar-refractivity contribution is 6.31. The summed E-state index contributed by atoms with van der Waals surface area (Å²) in [5.74, 6) is 0.106. The Hall–Kier alpha value is -2.53. The van der Waals surface area contributed by atoms with Gasteiger partial charge in [-0.15, -0.1) is 0 Å². The van der Waals surface area contributed by atoms with Crippen LogP contribution in [-0.4, -0.2) is 18.5 Å². The number of hydrogen-bond acceptors (Lipinski definition) is 4. The molecule has 1 heterocycles. The number of carbonyl (C=O) groups is 2. The predicted octanol–water partition coefficient (Wildman–Crippen LogP) is 3.91. The summed E-state index contributed by atoms with van der Waals surface area (Å²) in [6, 6.07) is 12.6. The molecule has 0 spiro atoms. The smallest absolute Gasteiger partial charge is 0.344 e. The molecule has 1 atom stereocenters. The van der Waals surface area contributed by atoms with E-state index in [4.69, 9.17) is 21.1 Å². The van der Waals surface area contributed by atoms with Crippen LogP contribution in [0, 0.1) is 0 Å². The topological polar surface area (TPSA) is 64.6 Å². The van der Waals surface area contributed by atoms with Crippen molar-refractivity contribution in [3.8, 4) is 5.75 Å². The summed E-state index contributed by atoms with van der Waals surface area (Å²) >= 11 is 6.10. The van der Waals surface area contributed by atoms with Crippen LogP contribution in [0.4, 0.5) is 5.69 Å². The molecule has 0 saturated heterocycles. The van der Waals surface area contributed by atoms with E-state index in [1.165, 1.54) is 0 Å². The quantitative estimate of drug-likeness (QED) is 0.822. The number of halogens is 1. The molecule has 3 rings (SSSR count). The molecule has 6 heteroatoms. The van der Waals surface area contributed by atoms with Crippen molar-refractivity contribution < 1.29 is 19.1 Å². The van der Waals surface area contributed by atoms with Crippen LogP contribution < -0.4 is 10.1 Å². The van der Waals surface area contributed by atoms with E-state index >= 15 is 0 Å². The fourth-order valence-electron chi connectivity index (χ4n) is 2.69. The predicted molar refractivity (Wildman–Crippen MR) is 94.8 cm³/mol. The van der Waals surface area contributed by atoms with Crippen molar-refractivity contribution in [1.82, 2.24) is 0 Å². The fourth-order valence-corrected chi connectivity index (χ4v) is 2.98. The van der Waals surface area contributed by atoms with Gasteiger partial charge in [-0.1, -0.05) is 29.8 Å². The first-order valence-corrected chi connectivity index (χ1v) is 8.40. The normalized spacial score (nSPS) is 14.2. The van der Waals surface area contributed by atoms with E-state index in [2.05, 4.69) is 5.32 Å². The first-order valence-electron chi connectivity index (χ1n) is 8.02. The summed E-state index contributed by atoms with van der Waals surface area (Å²) in [6.07, 6.45) is 0.656. The molecule has 1 aliphatic heterocycles. The zero-order chi connectivity index (χ0) is 17.8. The summed E-state index contributed by atoms with van der Waals surface area (Å²) in [4.78, 5) is 23.4. The standard InChI is InChI=1S/C19H18ClNO4/c1-12(15-4-2-3-5-16(15)20)25-19(23)11-24-14-7-8-17-13(10-14)6-9-18(22)21-17/h2-5,7-8,10,12H,6,9,11H2,1H3,(H,21,22). The van der Waals surface area contributed by atoms with Gasteiger partial charge in [-0.05, 0) is 43.2 Å². The third kappa shape index (κ3) is 4.31. The Morgan fingerprint density at radius 3 is 2.84 bits per heavy atom. The van der Waals surface area contributed by atoms with Crippen LogP contribution in [0.3, 0.4) is 0 Å². The number of rotatable bonds is 5. The Bertz CT molecular complexity index is 806. The second kappa shape index (κ2) is 7.57. The lowest BCUT2D eigenvalue weighted by molar-refractivity contribution is -0.151. The molecule has 2 aromatic rings. The molecule has 0 bridgehead atoms. The number of benzene rings is 2. The van der Waals surface area contributed by atoms with Crippen molar-refractivity contribution in [2.24, 2.45) is 0 Å². The van der Waals surface area contributed by atoms with Crippen molar-refractivity contribution in [1.29, 1.82) is 0 Å². The SMILES string of the molecule is CC(OC(=O)COc1ccc2c(c1)CCC(=O)N2)c1ccccc1Cl. The average molecular weight is 360 g/mol. The van der Waals surface area contributed by atoms with Gasteiger partial charge in [0.05, 0.1) is 0 Å². The van der Waals surface area contributed by atoms with Gasteiger partial charge in [0.1, 0.15) is 11.9 Å². The zero-order valence-corrected chi connectivity index (χ0v) is 14.5. The van der Waals surface area contributed by atoms with Crippen molar-refractivity contribution in [2.45, 2.75) is 25.9 Å². The highest BCUT2D eigenvalue weighted by atomic mass is 35.5. The number of nitrogens with one attached hydrogen (secondary N) is 1. The molecule has 0 aromatic heterocycles. The van der Waals surface area contributed by atoms with E-state index in [1.807, 2.05) is 24.3 Å². The van der Waals surface area contributed by atoms with Gasteiger partial charge >= 0.3 is 5.97 Å². The molecule has 1 unspecified atom stereocenters. The molecule has 0 aliphatic carbocycles. The van der Waals surface area contributed by atoms with E-state index in [0.717, 1.165) is 16.8 Å². The van der Waals surface area contributed by atoms with Crippen molar-refractivity contribution in [3.63, 3.8) is 0 Å². The molecule has 1 N–H and O–H groups in total. The molecule has 130 valence electrons. The molecular weight excluding hydrogens is 342 g/mol. The van der Waals surface area contributed by atoms with Crippen LogP contribution in [-0.2, 0) is 20.7 Å². The molecule has 0 fully saturated rings. The number of esters is 1. The van der Waals surface area contributed by atoms with Gasteiger partial charge < -0.3 is 14.8 Å². The molecule has 5 nitrogen and oxygen atoms in total. The van der Waals surface area contributed by atoms with Crippen LogP contribution in [0.15, 0.2) is 42.5 Å². The van der Waals surface area contributed by atoms with Gasteiger partial charge in [0.25, 0.3) is 0 Å². The van der Waals surface area contributed by atoms with E-state index < -0.39 is 12.1 Å². The molecule has 2 aromatic carbocycles. The monoisotopic (exact) mass is 359 g/mol. The van der Waals surface area contributed by atoms with E-state index in [1.54, 1.807) is 25.1 Å². The van der Waals surface area contributed by atoms with Gasteiger partial charge in [-0.3, -0.25) is 4.79 Å². The number of carbonyl (C=O) groups excluding carboxylic acids is 2. The number of fused-ring (bicyclic) bond motifs is 1. The van der Waals surface area contributed by atoms with Gasteiger partial charge in [-0.2, -0.15) is 0 Å². The fraction of sp³-hybridized carbons (Fsp3) is 0.263. The van der Waals surface area contributed by atoms with E-state index in [-0.39, 0.29) is 12.5 Å². The number of hydrogen-bond donors (Lipinski definition) is 1. The second-order valence-corrected chi connectivity index (χ2v) is 6.22. The van der Waals surface area contributed by atoms with Crippen LogP contribution >= 0.6 is 11.6 Å². The van der Waals surface area contributed by atoms with Crippen molar-refractivity contribution >= 4 is 29.2 Å². The first kappa shape index (κ1) is 17.3. The summed E-state index contributed by atoms with van der Waals surface area (Å²) in [5, 5.41) is 3.36. The Morgan fingerprint density at radius 1 is 1.24 bits per heavy atom. The van der Waals surface area contributed by atoms with E-state index in [9.17, 15) is 9.59 Å². The number of anilines is 1. The summed E-state index contributed by atoms with van der Waals surface area (Å²) in [5.41, 5.74) is 2.54. The summed E-state index contributed by atoms with van der Waals surface area (Å²) < 4.78 is 10.9. The second-order valence-electron chi connectivity index (χ2n) is 5.81. The first-order chi connectivity index (χ1) is 12.0. The van der Waals surface area contributed by atoms with Gasteiger partial charge in [0.2, 0.25) is 5.91 Å². The minimum Gasteiger partial charge on any atom is -0.482 e. The number of ether oxygens (including phenoxy) is 2. The Kier molecular flexibility index (Phi) is 5.24. The number of amides is 1. The van der Waals surface area contributed by atoms with Crippen molar-refractivity contribution in [3.05, 3.63) is 58.6 Å². The maximum absolute atomic E-state index is 12.0. The van der Waals surface area contributed by atoms with Crippen LogP contribution in [0.25, 0.3) is 0 Å². The van der Waals surface area contributed by atoms with Crippen LogP contribution in [0.5, 0.6) is 5.75 Å². The minimum atomic E-state index is -0.474. The Morgan fingerprint density at radius 2 is 2.04 bits per heavy atom. The van der Waals surface area contributed by atoms with Gasteiger partial charge in [-0.25, -0.2) is 4.79 Å². The molecule has 0 radical (unpaired) electrons. The lowest BCUT2D eigenvalue weighted by atomic mass is 10.0.